The summed E-state index contributed by atoms with van der Waals surface area (Å²) in [4.78, 5) is 14.3. The van der Waals surface area contributed by atoms with Gasteiger partial charge in [0.15, 0.2) is 0 Å². The Labute approximate surface area is 121 Å². The number of hydrogen-bond acceptors (Lipinski definition) is 4. The molecule has 0 aromatic heterocycles. The zero-order chi connectivity index (χ0) is 15.3. The highest BCUT2D eigenvalue weighted by Crippen LogP contribution is 2.26. The van der Waals surface area contributed by atoms with Crippen LogP contribution in [0, 0.1) is 5.92 Å². The highest BCUT2D eigenvalue weighted by molar-refractivity contribution is 5.96. The van der Waals surface area contributed by atoms with Gasteiger partial charge in [0.1, 0.15) is 5.75 Å². The fourth-order valence-corrected chi connectivity index (χ4v) is 1.99. The molecule has 3 N–H and O–H groups in total. The first-order valence-corrected chi connectivity index (χ1v) is 6.79. The van der Waals surface area contributed by atoms with Crippen molar-refractivity contribution in [3.05, 3.63) is 18.2 Å². The summed E-state index contributed by atoms with van der Waals surface area (Å²) in [5.74, 6) is 1.04. The number of carbonyl (C=O) groups excluding carboxylic acids is 1. The van der Waals surface area contributed by atoms with Gasteiger partial charge in [0.25, 0.3) is 0 Å². The van der Waals surface area contributed by atoms with Gasteiger partial charge >= 0.3 is 0 Å². The average molecular weight is 279 g/mol. The van der Waals surface area contributed by atoms with Crippen LogP contribution in [0.4, 0.5) is 11.4 Å². The molecule has 0 radical (unpaired) electrons. The molecule has 0 spiro atoms. The minimum absolute atomic E-state index is 0.0722. The predicted octanol–water partition coefficient (Wildman–Crippen LogP) is 2.19. The minimum Gasteiger partial charge on any atom is -0.495 e. The molecule has 0 bridgehead atoms. The quantitative estimate of drug-likeness (QED) is 0.783. The Balaban J connectivity index is 2.77. The van der Waals surface area contributed by atoms with Crippen molar-refractivity contribution < 1.29 is 9.53 Å². The lowest BCUT2D eigenvalue weighted by Crippen LogP contribution is -2.41. The molecule has 112 valence electrons. The lowest BCUT2D eigenvalue weighted by Gasteiger charge is -2.25. The van der Waals surface area contributed by atoms with Gasteiger partial charge in [-0.05, 0) is 38.1 Å². The Hall–Kier alpha value is -1.75. The van der Waals surface area contributed by atoms with Crippen LogP contribution in [0.1, 0.15) is 20.8 Å². The number of ether oxygens (including phenoxy) is 1. The molecule has 20 heavy (non-hydrogen) atoms. The first kappa shape index (κ1) is 16.3. The zero-order valence-electron chi connectivity index (χ0n) is 12.9. The van der Waals surface area contributed by atoms with Crippen LogP contribution in [0.3, 0.4) is 0 Å². The van der Waals surface area contributed by atoms with E-state index >= 15 is 0 Å². The van der Waals surface area contributed by atoms with Crippen LogP contribution in [0.5, 0.6) is 5.75 Å². The Morgan fingerprint density at radius 3 is 2.60 bits per heavy atom. The Morgan fingerprint density at radius 2 is 2.05 bits per heavy atom. The summed E-state index contributed by atoms with van der Waals surface area (Å²) >= 11 is 0. The number of nitrogens with two attached hydrogens (primary N) is 1. The Kier molecular flexibility index (Phi) is 5.82. The van der Waals surface area contributed by atoms with Crippen molar-refractivity contribution in [2.24, 2.45) is 5.92 Å². The van der Waals surface area contributed by atoms with Gasteiger partial charge in [-0.2, -0.15) is 0 Å². The molecular weight excluding hydrogens is 254 g/mol. The minimum atomic E-state index is -0.219. The van der Waals surface area contributed by atoms with Crippen LogP contribution in [-0.2, 0) is 4.79 Å². The summed E-state index contributed by atoms with van der Waals surface area (Å²) in [6.07, 6.45) is 0. The lowest BCUT2D eigenvalue weighted by molar-refractivity contribution is -0.120. The molecule has 1 rings (SSSR count). The van der Waals surface area contributed by atoms with E-state index in [1.54, 1.807) is 25.3 Å². The van der Waals surface area contributed by atoms with E-state index < -0.39 is 0 Å². The maximum Gasteiger partial charge on any atom is 0.241 e. The lowest BCUT2D eigenvalue weighted by atomic mass is 10.1. The van der Waals surface area contributed by atoms with E-state index in [2.05, 4.69) is 19.2 Å². The number of amides is 1. The van der Waals surface area contributed by atoms with Crippen molar-refractivity contribution in [2.75, 3.05) is 31.8 Å². The van der Waals surface area contributed by atoms with Crippen LogP contribution >= 0.6 is 0 Å². The number of anilines is 2. The van der Waals surface area contributed by atoms with Crippen LogP contribution in [0.2, 0.25) is 0 Å². The van der Waals surface area contributed by atoms with Gasteiger partial charge in [-0.3, -0.25) is 9.69 Å². The van der Waals surface area contributed by atoms with E-state index in [4.69, 9.17) is 10.5 Å². The molecule has 0 heterocycles. The van der Waals surface area contributed by atoms with Crippen molar-refractivity contribution in [1.29, 1.82) is 0 Å². The Bertz CT molecular complexity index is 460. The molecule has 0 aliphatic heterocycles. The maximum absolute atomic E-state index is 12.3. The van der Waals surface area contributed by atoms with Crippen LogP contribution in [-0.4, -0.2) is 37.6 Å². The van der Waals surface area contributed by atoms with Crippen molar-refractivity contribution in [2.45, 2.75) is 26.8 Å². The number of benzene rings is 1. The topological polar surface area (TPSA) is 67.6 Å². The number of methoxy groups -OCH3 is 1. The average Bonchev–Trinajstić information content (AvgIpc) is 2.37. The molecule has 0 aliphatic rings. The third kappa shape index (κ3) is 4.42. The number of rotatable bonds is 6. The SMILES string of the molecule is COc1ccc(N)cc1NC(=O)C(C)N(C)CC(C)C. The van der Waals surface area contributed by atoms with Crippen molar-refractivity contribution in [3.63, 3.8) is 0 Å². The second-order valence-corrected chi connectivity index (χ2v) is 5.46. The highest BCUT2D eigenvalue weighted by Gasteiger charge is 2.19. The molecule has 1 amide bonds. The van der Waals surface area contributed by atoms with E-state index in [1.807, 2.05) is 18.9 Å². The van der Waals surface area contributed by atoms with Crippen molar-refractivity contribution in [1.82, 2.24) is 4.90 Å². The third-order valence-corrected chi connectivity index (χ3v) is 3.18. The molecule has 5 nitrogen and oxygen atoms in total. The highest BCUT2D eigenvalue weighted by atomic mass is 16.5. The number of nitrogen functional groups attached to an aromatic ring is 1. The normalized spacial score (nSPS) is 12.6. The molecule has 0 saturated carbocycles. The van der Waals surface area contributed by atoms with Gasteiger partial charge in [0.2, 0.25) is 5.91 Å². The fourth-order valence-electron chi connectivity index (χ4n) is 1.99. The second-order valence-electron chi connectivity index (χ2n) is 5.46. The summed E-state index contributed by atoms with van der Waals surface area (Å²) in [5, 5.41) is 2.87. The number of carbonyl (C=O) groups is 1. The summed E-state index contributed by atoms with van der Waals surface area (Å²) < 4.78 is 5.22. The summed E-state index contributed by atoms with van der Waals surface area (Å²) in [6, 6.07) is 4.96. The molecule has 1 aromatic rings. The van der Waals surface area contributed by atoms with E-state index in [1.165, 1.54) is 0 Å². The fraction of sp³-hybridized carbons (Fsp3) is 0.533. The molecular formula is C15H25N3O2. The van der Waals surface area contributed by atoms with Gasteiger partial charge in [-0.15, -0.1) is 0 Å². The van der Waals surface area contributed by atoms with Crippen LogP contribution < -0.4 is 15.8 Å². The summed E-state index contributed by atoms with van der Waals surface area (Å²) in [6.45, 7) is 7.00. The van der Waals surface area contributed by atoms with Crippen molar-refractivity contribution >= 4 is 17.3 Å². The van der Waals surface area contributed by atoms with Gasteiger partial charge < -0.3 is 15.8 Å². The first-order chi connectivity index (χ1) is 9.35. The Morgan fingerprint density at radius 1 is 1.40 bits per heavy atom. The summed E-state index contributed by atoms with van der Waals surface area (Å²) in [5.41, 5.74) is 6.93. The van der Waals surface area contributed by atoms with Gasteiger partial charge in [-0.1, -0.05) is 13.8 Å². The number of nitrogens with one attached hydrogen (secondary N) is 1. The number of likely N-dealkylation sites (N-methyl/N-ethyl adjacent to an activating group) is 1. The molecule has 0 saturated heterocycles. The molecule has 5 heteroatoms. The smallest absolute Gasteiger partial charge is 0.241 e. The van der Waals surface area contributed by atoms with Crippen LogP contribution in [0.25, 0.3) is 0 Å². The first-order valence-electron chi connectivity index (χ1n) is 6.79. The number of nitrogens with zero attached hydrogens (tertiary/aromatic N) is 1. The van der Waals surface area contributed by atoms with Gasteiger partial charge in [-0.25, -0.2) is 0 Å². The second kappa shape index (κ2) is 7.14. The molecule has 1 atom stereocenters. The van der Waals surface area contributed by atoms with E-state index in [-0.39, 0.29) is 11.9 Å². The maximum atomic E-state index is 12.3. The largest absolute Gasteiger partial charge is 0.495 e. The zero-order valence-corrected chi connectivity index (χ0v) is 12.9. The molecule has 0 fully saturated rings. The predicted molar refractivity (Wildman–Crippen MR) is 83.0 cm³/mol. The van der Waals surface area contributed by atoms with Crippen molar-refractivity contribution in [3.8, 4) is 5.75 Å². The molecule has 0 aliphatic carbocycles. The van der Waals surface area contributed by atoms with Crippen LogP contribution in [0.15, 0.2) is 18.2 Å². The van der Waals surface area contributed by atoms with E-state index in [0.29, 0.717) is 23.0 Å². The third-order valence-electron chi connectivity index (χ3n) is 3.18. The summed E-state index contributed by atoms with van der Waals surface area (Å²) in [7, 11) is 3.51. The van der Waals surface area contributed by atoms with E-state index in [0.717, 1.165) is 6.54 Å². The molecule has 1 unspecified atom stereocenters. The van der Waals surface area contributed by atoms with Gasteiger partial charge in [0.05, 0.1) is 18.8 Å². The van der Waals surface area contributed by atoms with E-state index in [9.17, 15) is 4.79 Å². The monoisotopic (exact) mass is 279 g/mol. The molecule has 1 aromatic carbocycles. The van der Waals surface area contributed by atoms with Gasteiger partial charge in [0, 0.05) is 12.2 Å². The number of hydrogen-bond donors (Lipinski definition) is 2. The standard InChI is InChI=1S/C15H25N3O2/c1-10(2)9-18(4)11(3)15(19)17-13-8-12(16)6-7-14(13)20-5/h6-8,10-11H,9,16H2,1-5H3,(H,17,19).